The first-order valence-corrected chi connectivity index (χ1v) is 9.56. The van der Waals surface area contributed by atoms with E-state index in [-0.39, 0.29) is 5.75 Å². The summed E-state index contributed by atoms with van der Waals surface area (Å²) in [6.07, 6.45) is -5.43. The monoisotopic (exact) mass is 409 g/mol. The van der Waals surface area contributed by atoms with Gasteiger partial charge in [-0.2, -0.15) is 17.6 Å². The van der Waals surface area contributed by atoms with Crippen LogP contribution >= 0.6 is 0 Å². The smallest absolute Gasteiger partial charge is 0.451 e. The van der Waals surface area contributed by atoms with Gasteiger partial charge in [-0.25, -0.2) is 0 Å². The predicted molar refractivity (Wildman–Crippen MR) is 99.1 cm³/mol. The van der Waals surface area contributed by atoms with E-state index in [0.717, 1.165) is 14.7 Å². The summed E-state index contributed by atoms with van der Waals surface area (Å²) in [6, 6.07) is 25.7. The first-order chi connectivity index (χ1) is 13.3. The zero-order chi connectivity index (χ0) is 20.2. The van der Waals surface area contributed by atoms with Crippen LogP contribution in [-0.4, -0.2) is 23.7 Å². The molecule has 0 aliphatic rings. The van der Waals surface area contributed by atoms with Crippen LogP contribution in [0.4, 0.5) is 17.6 Å². The van der Waals surface area contributed by atoms with E-state index >= 15 is 0 Å². The van der Waals surface area contributed by atoms with E-state index in [0.29, 0.717) is 0 Å². The van der Waals surface area contributed by atoms with Crippen LogP contribution < -0.4 is 4.74 Å². The standard InChI is InChI=1S/C21H17F4O2S/c22-20(26,21(23,24)25)15-27-16-8-7-13-19(14-16)28(17-9-3-1-4-10-17)18-11-5-2-6-12-18/h1-14,26H,15H2/q+1. The number of halogens is 4. The molecule has 0 aliphatic heterocycles. The summed E-state index contributed by atoms with van der Waals surface area (Å²) in [5.41, 5.74) is 0. The number of benzene rings is 3. The molecule has 3 rings (SSSR count). The summed E-state index contributed by atoms with van der Waals surface area (Å²) in [4.78, 5) is 2.83. The average Bonchev–Trinajstić information content (AvgIpc) is 2.68. The van der Waals surface area contributed by atoms with Crippen molar-refractivity contribution in [3.05, 3.63) is 84.9 Å². The van der Waals surface area contributed by atoms with Crippen LogP contribution in [0.5, 0.6) is 5.75 Å². The Hall–Kier alpha value is -2.51. The van der Waals surface area contributed by atoms with E-state index in [9.17, 15) is 17.6 Å². The van der Waals surface area contributed by atoms with E-state index < -0.39 is 29.5 Å². The van der Waals surface area contributed by atoms with E-state index in [1.807, 2.05) is 66.7 Å². The van der Waals surface area contributed by atoms with E-state index in [2.05, 4.69) is 0 Å². The first-order valence-electron chi connectivity index (χ1n) is 8.33. The highest BCUT2D eigenvalue weighted by molar-refractivity contribution is 7.97. The van der Waals surface area contributed by atoms with Gasteiger partial charge in [0.15, 0.2) is 21.3 Å². The molecule has 7 heteroatoms. The minimum Gasteiger partial charge on any atom is -0.487 e. The highest BCUT2D eigenvalue weighted by Gasteiger charge is 2.56. The number of aliphatic hydroxyl groups is 1. The Labute approximate surface area is 162 Å². The van der Waals surface area contributed by atoms with Gasteiger partial charge in [-0.05, 0) is 36.4 Å². The second kappa shape index (κ2) is 8.24. The van der Waals surface area contributed by atoms with Gasteiger partial charge in [-0.1, -0.05) is 42.5 Å². The maximum atomic E-state index is 13.4. The summed E-state index contributed by atoms with van der Waals surface area (Å²) in [7, 11) is -0.525. The number of alkyl halides is 4. The molecule has 0 radical (unpaired) electrons. The normalized spacial score (nSPS) is 13.9. The van der Waals surface area contributed by atoms with Gasteiger partial charge in [-0.3, -0.25) is 0 Å². The molecule has 1 atom stereocenters. The zero-order valence-electron chi connectivity index (χ0n) is 14.6. The van der Waals surface area contributed by atoms with Crippen LogP contribution in [0.15, 0.2) is 99.6 Å². The lowest BCUT2D eigenvalue weighted by atomic mass is 10.3. The van der Waals surface area contributed by atoms with Gasteiger partial charge in [0, 0.05) is 6.07 Å². The molecule has 28 heavy (non-hydrogen) atoms. The molecule has 0 spiro atoms. The van der Waals surface area contributed by atoms with Crippen LogP contribution in [0, 0.1) is 0 Å². The molecule has 146 valence electrons. The van der Waals surface area contributed by atoms with Crippen LogP contribution in [0.1, 0.15) is 0 Å². The average molecular weight is 409 g/mol. The highest BCUT2D eigenvalue weighted by Crippen LogP contribution is 2.34. The van der Waals surface area contributed by atoms with Crippen LogP contribution in [0.25, 0.3) is 0 Å². The number of rotatable bonds is 6. The third kappa shape index (κ3) is 4.66. The molecule has 2 nitrogen and oxygen atoms in total. The fraction of sp³-hybridized carbons (Fsp3) is 0.143. The van der Waals surface area contributed by atoms with Gasteiger partial charge in [-0.15, -0.1) is 0 Å². The molecule has 1 unspecified atom stereocenters. The minimum atomic E-state index is -5.43. The lowest BCUT2D eigenvalue weighted by Crippen LogP contribution is -2.45. The van der Waals surface area contributed by atoms with E-state index in [4.69, 9.17) is 9.84 Å². The van der Waals surface area contributed by atoms with Gasteiger partial charge in [0.25, 0.3) is 0 Å². The maximum Gasteiger partial charge on any atom is 0.451 e. The van der Waals surface area contributed by atoms with Gasteiger partial charge in [0.1, 0.15) is 5.75 Å². The van der Waals surface area contributed by atoms with Crippen molar-refractivity contribution >= 4 is 10.9 Å². The quantitative estimate of drug-likeness (QED) is 0.438. The Morgan fingerprint density at radius 3 is 1.71 bits per heavy atom. The summed E-state index contributed by atoms with van der Waals surface area (Å²) in [6.45, 7) is -1.54. The molecule has 0 heterocycles. The van der Waals surface area contributed by atoms with Gasteiger partial charge in [0.05, 0.1) is 10.9 Å². The molecule has 0 aromatic heterocycles. The van der Waals surface area contributed by atoms with Crippen molar-refractivity contribution in [3.8, 4) is 5.75 Å². The zero-order valence-corrected chi connectivity index (χ0v) is 15.4. The van der Waals surface area contributed by atoms with Crippen LogP contribution in [0.2, 0.25) is 0 Å². The Kier molecular flexibility index (Phi) is 5.96. The van der Waals surface area contributed by atoms with Gasteiger partial charge >= 0.3 is 12.0 Å². The van der Waals surface area contributed by atoms with Crippen molar-refractivity contribution in [2.45, 2.75) is 26.7 Å². The summed E-state index contributed by atoms with van der Waals surface area (Å²) in [5, 5.41) is 8.93. The summed E-state index contributed by atoms with van der Waals surface area (Å²) in [5.74, 6) is -4.37. The number of hydrogen-bond donors (Lipinski definition) is 1. The lowest BCUT2D eigenvalue weighted by molar-refractivity contribution is -0.322. The fourth-order valence-corrected chi connectivity index (χ4v) is 4.60. The SMILES string of the molecule is OC(F)(COc1cccc([S+](c2ccccc2)c2ccccc2)c1)C(F)(F)F. The molecule has 0 bridgehead atoms. The van der Waals surface area contributed by atoms with Crippen molar-refractivity contribution in [2.24, 2.45) is 0 Å². The number of hydrogen-bond acceptors (Lipinski definition) is 2. The van der Waals surface area contributed by atoms with Gasteiger partial charge < -0.3 is 9.84 Å². The third-order valence-electron chi connectivity index (χ3n) is 3.86. The van der Waals surface area contributed by atoms with Crippen molar-refractivity contribution in [3.63, 3.8) is 0 Å². The Morgan fingerprint density at radius 2 is 1.21 bits per heavy atom. The topological polar surface area (TPSA) is 29.5 Å². The first kappa shape index (κ1) is 20.2. The molecule has 1 N–H and O–H groups in total. The second-order valence-electron chi connectivity index (χ2n) is 5.95. The van der Waals surface area contributed by atoms with Gasteiger partial charge in [0.2, 0.25) is 0 Å². The molecular weight excluding hydrogens is 392 g/mol. The van der Waals surface area contributed by atoms with Crippen molar-refractivity contribution < 1.29 is 27.4 Å². The molecule has 0 saturated carbocycles. The highest BCUT2D eigenvalue weighted by atomic mass is 32.2. The Bertz CT molecular complexity index is 860. The van der Waals surface area contributed by atoms with Crippen LogP contribution in [-0.2, 0) is 10.9 Å². The van der Waals surface area contributed by atoms with Crippen molar-refractivity contribution in [1.82, 2.24) is 0 Å². The van der Waals surface area contributed by atoms with E-state index in [1.54, 1.807) is 12.1 Å². The molecule has 0 amide bonds. The molecule has 3 aromatic rings. The lowest BCUT2D eigenvalue weighted by Gasteiger charge is -2.22. The molecular formula is C21H17F4O2S+. The molecule has 3 aromatic carbocycles. The third-order valence-corrected chi connectivity index (χ3v) is 6.08. The molecule has 0 saturated heterocycles. The molecule has 0 fully saturated rings. The molecule has 0 aliphatic carbocycles. The maximum absolute atomic E-state index is 13.4. The summed E-state index contributed by atoms with van der Waals surface area (Å²) >= 11 is 0. The van der Waals surface area contributed by atoms with Crippen molar-refractivity contribution in [2.75, 3.05) is 6.61 Å². The second-order valence-corrected chi connectivity index (χ2v) is 7.98. The predicted octanol–water partition coefficient (Wildman–Crippen LogP) is 5.38. The van der Waals surface area contributed by atoms with E-state index in [1.165, 1.54) is 6.07 Å². The minimum absolute atomic E-state index is 0.0437. The number of ether oxygens (including phenoxy) is 1. The van der Waals surface area contributed by atoms with Crippen LogP contribution in [0.3, 0.4) is 0 Å². The summed E-state index contributed by atoms with van der Waals surface area (Å²) < 4.78 is 55.7. The Balaban J connectivity index is 1.92. The fourth-order valence-electron chi connectivity index (χ4n) is 2.47. The Morgan fingerprint density at radius 1 is 0.714 bits per heavy atom. The largest absolute Gasteiger partial charge is 0.487 e. The van der Waals surface area contributed by atoms with Crippen molar-refractivity contribution in [1.29, 1.82) is 0 Å².